The Bertz CT molecular complexity index is 387. The van der Waals surface area contributed by atoms with E-state index in [-0.39, 0.29) is 6.04 Å². The topological polar surface area (TPSA) is 49.5 Å². The van der Waals surface area contributed by atoms with Gasteiger partial charge in [-0.1, -0.05) is 6.07 Å². The second kappa shape index (κ2) is 3.22. The Labute approximate surface area is 89.5 Å². The molecule has 3 N–H and O–H groups in total. The first-order valence-electron chi connectivity index (χ1n) is 5.55. The summed E-state index contributed by atoms with van der Waals surface area (Å²) in [7, 11) is 0. The maximum atomic E-state index is 9.42. The standard InChI is InChI=1S/C12H16N2O/c13-12-7-14(9-2-3-9)6-8-1-4-10(15)5-11(8)12/h1,4-5,9,12,15H,2-3,6-7,13H2. The molecule has 0 radical (unpaired) electrons. The minimum atomic E-state index is 0.0569. The molecule has 3 nitrogen and oxygen atoms in total. The predicted molar refractivity (Wildman–Crippen MR) is 58.5 cm³/mol. The Kier molecular flexibility index (Phi) is 1.97. The average Bonchev–Trinajstić information content (AvgIpc) is 3.02. The van der Waals surface area contributed by atoms with Crippen LogP contribution in [0.2, 0.25) is 0 Å². The van der Waals surface area contributed by atoms with E-state index < -0.39 is 0 Å². The van der Waals surface area contributed by atoms with Crippen molar-refractivity contribution in [3.05, 3.63) is 29.3 Å². The van der Waals surface area contributed by atoms with E-state index in [9.17, 15) is 5.11 Å². The SMILES string of the molecule is NC1CN(C2CC2)Cc2ccc(O)cc21. The average molecular weight is 204 g/mol. The van der Waals surface area contributed by atoms with E-state index in [1.165, 1.54) is 18.4 Å². The first-order chi connectivity index (χ1) is 7.24. The Balaban J connectivity index is 1.93. The molecule has 0 aromatic heterocycles. The van der Waals surface area contributed by atoms with Crippen molar-refractivity contribution in [2.75, 3.05) is 6.54 Å². The lowest BCUT2D eigenvalue weighted by molar-refractivity contribution is 0.221. The molecule has 2 aliphatic rings. The van der Waals surface area contributed by atoms with Crippen LogP contribution in [0.5, 0.6) is 5.75 Å². The van der Waals surface area contributed by atoms with Crippen molar-refractivity contribution >= 4 is 0 Å². The number of nitrogens with zero attached hydrogens (tertiary/aromatic N) is 1. The Morgan fingerprint density at radius 2 is 2.13 bits per heavy atom. The van der Waals surface area contributed by atoms with Crippen molar-refractivity contribution < 1.29 is 5.11 Å². The summed E-state index contributed by atoms with van der Waals surface area (Å²) in [5, 5.41) is 9.42. The van der Waals surface area contributed by atoms with Crippen LogP contribution < -0.4 is 5.73 Å². The van der Waals surface area contributed by atoms with Crippen LogP contribution in [0, 0.1) is 0 Å². The third kappa shape index (κ3) is 1.62. The molecule has 1 aliphatic heterocycles. The van der Waals surface area contributed by atoms with Gasteiger partial charge in [0.05, 0.1) is 0 Å². The second-order valence-electron chi connectivity index (χ2n) is 4.65. The van der Waals surface area contributed by atoms with E-state index in [1.54, 1.807) is 6.07 Å². The summed E-state index contributed by atoms with van der Waals surface area (Å²) in [6, 6.07) is 6.38. The molecule has 1 atom stereocenters. The van der Waals surface area contributed by atoms with E-state index in [4.69, 9.17) is 5.73 Å². The number of hydrogen-bond acceptors (Lipinski definition) is 3. The number of rotatable bonds is 1. The van der Waals surface area contributed by atoms with Gasteiger partial charge in [0.15, 0.2) is 0 Å². The lowest BCUT2D eigenvalue weighted by Crippen LogP contribution is -2.38. The highest BCUT2D eigenvalue weighted by Crippen LogP contribution is 2.35. The largest absolute Gasteiger partial charge is 0.508 e. The van der Waals surface area contributed by atoms with Gasteiger partial charge in [0, 0.05) is 25.2 Å². The maximum Gasteiger partial charge on any atom is 0.115 e. The van der Waals surface area contributed by atoms with Gasteiger partial charge in [-0.25, -0.2) is 0 Å². The summed E-state index contributed by atoms with van der Waals surface area (Å²) in [4.78, 5) is 2.46. The van der Waals surface area contributed by atoms with Gasteiger partial charge < -0.3 is 10.8 Å². The van der Waals surface area contributed by atoms with Crippen LogP contribution in [0.15, 0.2) is 18.2 Å². The number of aromatic hydroxyl groups is 1. The molecule has 3 rings (SSSR count). The summed E-state index contributed by atoms with van der Waals surface area (Å²) in [5.41, 5.74) is 8.51. The first kappa shape index (κ1) is 9.19. The van der Waals surface area contributed by atoms with E-state index in [2.05, 4.69) is 4.90 Å². The van der Waals surface area contributed by atoms with Crippen molar-refractivity contribution in [2.45, 2.75) is 31.5 Å². The zero-order chi connectivity index (χ0) is 10.4. The van der Waals surface area contributed by atoms with Crippen molar-refractivity contribution in [3.8, 4) is 5.75 Å². The molecule has 15 heavy (non-hydrogen) atoms. The normalized spacial score (nSPS) is 26.3. The molecular weight excluding hydrogens is 188 g/mol. The number of nitrogens with two attached hydrogens (primary N) is 1. The lowest BCUT2D eigenvalue weighted by Gasteiger charge is -2.32. The first-order valence-corrected chi connectivity index (χ1v) is 5.55. The molecule has 80 valence electrons. The molecule has 1 fully saturated rings. The number of hydrogen-bond donors (Lipinski definition) is 2. The van der Waals surface area contributed by atoms with Crippen LogP contribution in [0.1, 0.15) is 30.0 Å². The van der Waals surface area contributed by atoms with Gasteiger partial charge in [-0.2, -0.15) is 0 Å². The van der Waals surface area contributed by atoms with Gasteiger partial charge in [-0.3, -0.25) is 4.90 Å². The minimum absolute atomic E-state index is 0.0569. The van der Waals surface area contributed by atoms with Crippen LogP contribution in [0.3, 0.4) is 0 Å². The fourth-order valence-corrected chi connectivity index (χ4v) is 2.42. The van der Waals surface area contributed by atoms with E-state index in [0.29, 0.717) is 5.75 Å². The molecular formula is C12H16N2O. The number of phenols is 1. The summed E-state index contributed by atoms with van der Waals surface area (Å²) in [6.45, 7) is 1.93. The van der Waals surface area contributed by atoms with Crippen LogP contribution in [-0.2, 0) is 6.54 Å². The van der Waals surface area contributed by atoms with E-state index >= 15 is 0 Å². The van der Waals surface area contributed by atoms with Crippen molar-refractivity contribution in [1.29, 1.82) is 0 Å². The molecule has 0 saturated heterocycles. The highest BCUT2D eigenvalue weighted by atomic mass is 16.3. The maximum absolute atomic E-state index is 9.42. The fourth-order valence-electron chi connectivity index (χ4n) is 2.42. The molecule has 1 aromatic rings. The van der Waals surface area contributed by atoms with Crippen LogP contribution in [0.4, 0.5) is 0 Å². The lowest BCUT2D eigenvalue weighted by atomic mass is 9.95. The van der Waals surface area contributed by atoms with E-state index in [0.717, 1.165) is 24.7 Å². The number of benzene rings is 1. The molecule has 1 aromatic carbocycles. The molecule has 1 heterocycles. The smallest absolute Gasteiger partial charge is 0.115 e. The molecule has 1 aliphatic carbocycles. The van der Waals surface area contributed by atoms with Gasteiger partial charge in [0.1, 0.15) is 5.75 Å². The van der Waals surface area contributed by atoms with Gasteiger partial charge >= 0.3 is 0 Å². The van der Waals surface area contributed by atoms with Gasteiger partial charge in [0.2, 0.25) is 0 Å². The Morgan fingerprint density at radius 1 is 1.33 bits per heavy atom. The Hall–Kier alpha value is -1.06. The highest BCUT2D eigenvalue weighted by Gasteiger charge is 2.33. The molecule has 3 heteroatoms. The third-order valence-electron chi connectivity index (χ3n) is 3.40. The summed E-state index contributed by atoms with van der Waals surface area (Å²) in [6.07, 6.45) is 2.64. The fraction of sp³-hybridized carbons (Fsp3) is 0.500. The van der Waals surface area contributed by atoms with Crippen LogP contribution >= 0.6 is 0 Å². The minimum Gasteiger partial charge on any atom is -0.508 e. The number of fused-ring (bicyclic) bond motifs is 1. The van der Waals surface area contributed by atoms with Crippen LogP contribution in [0.25, 0.3) is 0 Å². The van der Waals surface area contributed by atoms with Gasteiger partial charge in [0.25, 0.3) is 0 Å². The zero-order valence-electron chi connectivity index (χ0n) is 8.69. The molecule has 0 bridgehead atoms. The van der Waals surface area contributed by atoms with Crippen molar-refractivity contribution in [2.24, 2.45) is 5.73 Å². The van der Waals surface area contributed by atoms with Crippen molar-refractivity contribution in [3.63, 3.8) is 0 Å². The monoisotopic (exact) mass is 204 g/mol. The molecule has 0 amide bonds. The molecule has 1 unspecified atom stereocenters. The van der Waals surface area contributed by atoms with Gasteiger partial charge in [-0.05, 0) is 36.1 Å². The molecule has 1 saturated carbocycles. The highest BCUT2D eigenvalue weighted by molar-refractivity contribution is 5.38. The third-order valence-corrected chi connectivity index (χ3v) is 3.40. The van der Waals surface area contributed by atoms with E-state index in [1.807, 2.05) is 12.1 Å². The summed E-state index contributed by atoms with van der Waals surface area (Å²) < 4.78 is 0. The number of phenolic OH excluding ortho intramolecular Hbond substituents is 1. The summed E-state index contributed by atoms with van der Waals surface area (Å²) >= 11 is 0. The quantitative estimate of drug-likeness (QED) is 0.726. The zero-order valence-corrected chi connectivity index (χ0v) is 8.69. The summed E-state index contributed by atoms with van der Waals surface area (Å²) in [5.74, 6) is 0.323. The predicted octanol–water partition coefficient (Wildman–Crippen LogP) is 1.37. The van der Waals surface area contributed by atoms with Gasteiger partial charge in [-0.15, -0.1) is 0 Å². The van der Waals surface area contributed by atoms with Crippen LogP contribution in [-0.4, -0.2) is 22.6 Å². The second-order valence-corrected chi connectivity index (χ2v) is 4.65. The Morgan fingerprint density at radius 3 is 2.87 bits per heavy atom. The van der Waals surface area contributed by atoms with Crippen molar-refractivity contribution in [1.82, 2.24) is 4.90 Å². The molecule has 0 spiro atoms.